The van der Waals surface area contributed by atoms with E-state index in [1.54, 1.807) is 6.26 Å². The molecular weight excluding hydrogens is 152 g/mol. The summed E-state index contributed by atoms with van der Waals surface area (Å²) in [6, 6.07) is 2.44. The fraction of sp³-hybridized carbons (Fsp3) is 0.667. The van der Waals surface area contributed by atoms with Gasteiger partial charge in [-0.1, -0.05) is 18.5 Å². The van der Waals surface area contributed by atoms with Crippen molar-refractivity contribution in [1.82, 2.24) is 10.5 Å². The monoisotopic (exact) mass is 168 g/mol. The first-order chi connectivity index (χ1) is 5.83. The van der Waals surface area contributed by atoms with E-state index < -0.39 is 0 Å². The highest BCUT2D eigenvalue weighted by atomic mass is 16.5. The normalized spacial score (nSPS) is 13.2. The molecule has 0 saturated heterocycles. The number of nitrogens with zero attached hydrogens (tertiary/aromatic N) is 1. The fourth-order valence-electron chi connectivity index (χ4n) is 1.14. The smallest absolute Gasteiger partial charge is 0.124 e. The van der Waals surface area contributed by atoms with Gasteiger partial charge in [0.1, 0.15) is 6.26 Å². The van der Waals surface area contributed by atoms with Gasteiger partial charge in [-0.15, -0.1) is 0 Å². The molecule has 0 saturated carbocycles. The van der Waals surface area contributed by atoms with Crippen LogP contribution in [-0.4, -0.2) is 11.2 Å². The van der Waals surface area contributed by atoms with E-state index in [0.29, 0.717) is 6.04 Å². The number of hydrogen-bond acceptors (Lipinski definition) is 3. The summed E-state index contributed by atoms with van der Waals surface area (Å²) in [4.78, 5) is 0. The molecule has 12 heavy (non-hydrogen) atoms. The van der Waals surface area contributed by atoms with Crippen LogP contribution in [0, 0.1) is 0 Å². The predicted molar refractivity (Wildman–Crippen MR) is 47.7 cm³/mol. The maximum absolute atomic E-state index is 4.72. The molecule has 0 radical (unpaired) electrons. The summed E-state index contributed by atoms with van der Waals surface area (Å²) in [5, 5.41) is 7.17. The molecule has 0 fully saturated rings. The Hall–Kier alpha value is -0.830. The van der Waals surface area contributed by atoms with Gasteiger partial charge in [-0.25, -0.2) is 0 Å². The molecule has 1 atom stereocenters. The molecule has 0 aromatic carbocycles. The lowest BCUT2D eigenvalue weighted by Crippen LogP contribution is -2.25. The topological polar surface area (TPSA) is 38.1 Å². The Morgan fingerprint density at radius 3 is 3.08 bits per heavy atom. The molecule has 1 rings (SSSR count). The van der Waals surface area contributed by atoms with Gasteiger partial charge in [-0.3, -0.25) is 0 Å². The molecule has 0 bridgehead atoms. The molecular formula is C9H16N2O. The molecule has 1 unspecified atom stereocenters. The Morgan fingerprint density at radius 1 is 1.67 bits per heavy atom. The zero-order valence-corrected chi connectivity index (χ0v) is 7.71. The standard InChI is InChI=1S/C9H16N2O/c1-3-4-8(2)10-7-9-5-6-12-11-9/h5-6,8,10H,3-4,7H2,1-2H3. The van der Waals surface area contributed by atoms with Crippen molar-refractivity contribution >= 4 is 0 Å². The van der Waals surface area contributed by atoms with E-state index in [1.165, 1.54) is 12.8 Å². The van der Waals surface area contributed by atoms with Crippen molar-refractivity contribution in [2.45, 2.75) is 39.3 Å². The lowest BCUT2D eigenvalue weighted by molar-refractivity contribution is 0.403. The highest BCUT2D eigenvalue weighted by molar-refractivity contribution is 4.94. The Bertz CT molecular complexity index is 196. The number of aromatic nitrogens is 1. The first kappa shape index (κ1) is 9.26. The van der Waals surface area contributed by atoms with Crippen molar-refractivity contribution in [3.8, 4) is 0 Å². The van der Waals surface area contributed by atoms with Crippen LogP contribution in [0.1, 0.15) is 32.4 Å². The quantitative estimate of drug-likeness (QED) is 0.730. The molecule has 1 aromatic rings. The van der Waals surface area contributed by atoms with Gasteiger partial charge in [0.25, 0.3) is 0 Å². The lowest BCUT2D eigenvalue weighted by Gasteiger charge is -2.10. The van der Waals surface area contributed by atoms with Crippen LogP contribution in [0.5, 0.6) is 0 Å². The molecule has 0 spiro atoms. The summed E-state index contributed by atoms with van der Waals surface area (Å²) >= 11 is 0. The first-order valence-corrected chi connectivity index (χ1v) is 4.45. The summed E-state index contributed by atoms with van der Waals surface area (Å²) in [5.41, 5.74) is 0.970. The van der Waals surface area contributed by atoms with Gasteiger partial charge in [0, 0.05) is 18.7 Å². The molecule has 3 nitrogen and oxygen atoms in total. The molecule has 0 amide bonds. The first-order valence-electron chi connectivity index (χ1n) is 4.45. The average Bonchev–Trinajstić information content (AvgIpc) is 2.53. The largest absolute Gasteiger partial charge is 0.364 e. The van der Waals surface area contributed by atoms with Crippen LogP contribution in [0.3, 0.4) is 0 Å². The van der Waals surface area contributed by atoms with Crippen molar-refractivity contribution in [1.29, 1.82) is 0 Å². The molecule has 68 valence electrons. The maximum atomic E-state index is 4.72. The van der Waals surface area contributed by atoms with E-state index in [4.69, 9.17) is 4.52 Å². The van der Waals surface area contributed by atoms with E-state index in [9.17, 15) is 0 Å². The summed E-state index contributed by atoms with van der Waals surface area (Å²) in [6.07, 6.45) is 4.02. The van der Waals surface area contributed by atoms with Crippen LogP contribution in [0.15, 0.2) is 16.9 Å². The second-order valence-electron chi connectivity index (χ2n) is 3.06. The Morgan fingerprint density at radius 2 is 2.50 bits per heavy atom. The summed E-state index contributed by atoms with van der Waals surface area (Å²) < 4.78 is 4.72. The fourth-order valence-corrected chi connectivity index (χ4v) is 1.14. The van der Waals surface area contributed by atoms with E-state index in [2.05, 4.69) is 24.3 Å². The summed E-state index contributed by atoms with van der Waals surface area (Å²) in [5.74, 6) is 0. The molecule has 1 aromatic heterocycles. The summed E-state index contributed by atoms with van der Waals surface area (Å²) in [7, 11) is 0. The van der Waals surface area contributed by atoms with E-state index in [0.717, 1.165) is 12.2 Å². The van der Waals surface area contributed by atoms with Gasteiger partial charge in [0.2, 0.25) is 0 Å². The highest BCUT2D eigenvalue weighted by Crippen LogP contribution is 1.98. The molecule has 1 N–H and O–H groups in total. The zero-order valence-electron chi connectivity index (χ0n) is 7.71. The number of hydrogen-bond donors (Lipinski definition) is 1. The third kappa shape index (κ3) is 3.05. The van der Waals surface area contributed by atoms with Gasteiger partial charge in [0.15, 0.2) is 0 Å². The third-order valence-electron chi connectivity index (χ3n) is 1.84. The second-order valence-corrected chi connectivity index (χ2v) is 3.06. The van der Waals surface area contributed by atoms with Crippen LogP contribution in [0.25, 0.3) is 0 Å². The number of rotatable bonds is 5. The minimum atomic E-state index is 0.562. The van der Waals surface area contributed by atoms with Gasteiger partial charge in [-0.05, 0) is 13.3 Å². The van der Waals surface area contributed by atoms with Crippen LogP contribution >= 0.6 is 0 Å². The van der Waals surface area contributed by atoms with Crippen LogP contribution in [0.2, 0.25) is 0 Å². The minimum Gasteiger partial charge on any atom is -0.364 e. The Kier molecular flexibility index (Phi) is 3.80. The van der Waals surface area contributed by atoms with E-state index in [-0.39, 0.29) is 0 Å². The van der Waals surface area contributed by atoms with Gasteiger partial charge in [0.05, 0.1) is 5.69 Å². The van der Waals surface area contributed by atoms with Crippen molar-refractivity contribution in [2.24, 2.45) is 0 Å². The van der Waals surface area contributed by atoms with Crippen molar-refractivity contribution in [3.63, 3.8) is 0 Å². The van der Waals surface area contributed by atoms with Crippen LogP contribution in [-0.2, 0) is 6.54 Å². The van der Waals surface area contributed by atoms with Gasteiger partial charge >= 0.3 is 0 Å². The Labute approximate surface area is 73.1 Å². The molecule has 0 aliphatic carbocycles. The second kappa shape index (κ2) is 4.93. The average molecular weight is 168 g/mol. The maximum Gasteiger partial charge on any atom is 0.124 e. The van der Waals surface area contributed by atoms with Crippen LogP contribution < -0.4 is 5.32 Å². The molecule has 3 heteroatoms. The van der Waals surface area contributed by atoms with E-state index in [1.807, 2.05) is 6.07 Å². The predicted octanol–water partition coefficient (Wildman–Crippen LogP) is 1.95. The number of nitrogens with one attached hydrogen (secondary N) is 1. The summed E-state index contributed by atoms with van der Waals surface area (Å²) in [6.45, 7) is 5.18. The lowest BCUT2D eigenvalue weighted by atomic mass is 10.2. The Balaban J connectivity index is 2.17. The zero-order chi connectivity index (χ0) is 8.81. The van der Waals surface area contributed by atoms with Gasteiger partial charge in [-0.2, -0.15) is 0 Å². The van der Waals surface area contributed by atoms with Gasteiger partial charge < -0.3 is 9.84 Å². The van der Waals surface area contributed by atoms with Crippen LogP contribution in [0.4, 0.5) is 0 Å². The molecule has 0 aliphatic heterocycles. The highest BCUT2D eigenvalue weighted by Gasteiger charge is 2.00. The third-order valence-corrected chi connectivity index (χ3v) is 1.84. The van der Waals surface area contributed by atoms with Crippen molar-refractivity contribution < 1.29 is 4.52 Å². The SMILES string of the molecule is CCCC(C)NCc1ccon1. The van der Waals surface area contributed by atoms with Crippen molar-refractivity contribution in [3.05, 3.63) is 18.0 Å². The van der Waals surface area contributed by atoms with Crippen molar-refractivity contribution in [2.75, 3.05) is 0 Å². The minimum absolute atomic E-state index is 0.562. The van der Waals surface area contributed by atoms with E-state index >= 15 is 0 Å². The molecule has 1 heterocycles. The molecule has 0 aliphatic rings.